The molecule has 4 heteroatoms. The Morgan fingerprint density at radius 1 is 1.00 bits per heavy atom. The summed E-state index contributed by atoms with van der Waals surface area (Å²) < 4.78 is 13.6. The minimum Gasteiger partial charge on any atom is -0.378 e. The van der Waals surface area contributed by atoms with Crippen LogP contribution in [0.4, 0.5) is 10.1 Å². The van der Waals surface area contributed by atoms with Crippen LogP contribution < -0.4 is 5.32 Å². The largest absolute Gasteiger partial charge is 0.378 e. The number of halogens is 3. The Hall–Kier alpha value is -1.25. The number of anilines is 1. The van der Waals surface area contributed by atoms with E-state index in [-0.39, 0.29) is 11.1 Å². The van der Waals surface area contributed by atoms with Crippen LogP contribution in [0.25, 0.3) is 0 Å². The van der Waals surface area contributed by atoms with Crippen molar-refractivity contribution < 1.29 is 4.39 Å². The topological polar surface area (TPSA) is 12.0 Å². The molecule has 0 fully saturated rings. The van der Waals surface area contributed by atoms with E-state index in [1.165, 1.54) is 23.3 Å². The number of nitrogens with one attached hydrogen (secondary N) is 1. The zero-order valence-electron chi connectivity index (χ0n) is 11.6. The van der Waals surface area contributed by atoms with E-state index in [0.29, 0.717) is 10.6 Å². The van der Waals surface area contributed by atoms with Crippen molar-refractivity contribution in [2.75, 3.05) is 5.32 Å². The predicted molar refractivity (Wildman–Crippen MR) is 84.4 cm³/mol. The third-order valence-corrected chi connectivity index (χ3v) is 4.01. The Morgan fingerprint density at radius 3 is 2.35 bits per heavy atom. The summed E-state index contributed by atoms with van der Waals surface area (Å²) in [5.74, 6) is -0.459. The van der Waals surface area contributed by atoms with Gasteiger partial charge in [-0.25, -0.2) is 4.39 Å². The van der Waals surface area contributed by atoms with Crippen LogP contribution in [0.3, 0.4) is 0 Å². The molecule has 0 bridgehead atoms. The minimum atomic E-state index is -0.459. The smallest absolute Gasteiger partial charge is 0.142 e. The molecule has 0 amide bonds. The third-order valence-electron chi connectivity index (χ3n) is 3.40. The molecule has 0 radical (unpaired) electrons. The molecule has 0 aliphatic rings. The Labute approximate surface area is 128 Å². The molecule has 1 N–H and O–H groups in total. The van der Waals surface area contributed by atoms with Crippen molar-refractivity contribution in [1.82, 2.24) is 0 Å². The maximum Gasteiger partial charge on any atom is 0.142 e. The van der Waals surface area contributed by atoms with Crippen molar-refractivity contribution in [1.29, 1.82) is 0 Å². The van der Waals surface area contributed by atoms with Gasteiger partial charge in [-0.3, -0.25) is 0 Å². The van der Waals surface area contributed by atoms with E-state index in [1.54, 1.807) is 0 Å². The molecule has 2 aromatic rings. The van der Waals surface area contributed by atoms with Crippen LogP contribution in [0.1, 0.15) is 29.7 Å². The van der Waals surface area contributed by atoms with Gasteiger partial charge in [0.05, 0.1) is 11.1 Å². The van der Waals surface area contributed by atoms with Gasteiger partial charge in [0.1, 0.15) is 5.82 Å². The molecule has 0 spiro atoms. The minimum absolute atomic E-state index is 0.0390. The molecule has 0 aliphatic carbocycles. The summed E-state index contributed by atoms with van der Waals surface area (Å²) in [5, 5.41) is 3.82. The summed E-state index contributed by atoms with van der Waals surface area (Å²) in [5.41, 5.74) is 4.10. The van der Waals surface area contributed by atoms with Gasteiger partial charge >= 0.3 is 0 Å². The first-order chi connectivity index (χ1) is 9.38. The molecule has 0 heterocycles. The maximum atomic E-state index is 13.6. The predicted octanol–water partition coefficient (Wildman–Crippen LogP) is 5.92. The molecule has 2 rings (SSSR count). The second-order valence-corrected chi connectivity index (χ2v) is 5.77. The molecule has 2 aromatic carbocycles. The van der Waals surface area contributed by atoms with E-state index in [4.69, 9.17) is 23.2 Å². The van der Waals surface area contributed by atoms with Crippen LogP contribution in [0.2, 0.25) is 10.0 Å². The lowest BCUT2D eigenvalue weighted by Crippen LogP contribution is -2.08. The van der Waals surface area contributed by atoms with Crippen LogP contribution >= 0.6 is 23.2 Å². The molecular formula is C16H16Cl2FN. The van der Waals surface area contributed by atoms with Crippen molar-refractivity contribution in [2.24, 2.45) is 0 Å². The van der Waals surface area contributed by atoms with E-state index in [0.717, 1.165) is 5.69 Å². The van der Waals surface area contributed by atoms with Gasteiger partial charge in [-0.05, 0) is 61.7 Å². The van der Waals surface area contributed by atoms with Crippen LogP contribution in [0.5, 0.6) is 0 Å². The Kier molecular flexibility index (Phi) is 4.56. The van der Waals surface area contributed by atoms with Crippen LogP contribution in [-0.2, 0) is 0 Å². The molecule has 1 atom stereocenters. The van der Waals surface area contributed by atoms with Gasteiger partial charge in [0.25, 0.3) is 0 Å². The fourth-order valence-electron chi connectivity index (χ4n) is 2.03. The highest BCUT2D eigenvalue weighted by Gasteiger charge is 2.13. The van der Waals surface area contributed by atoms with E-state index < -0.39 is 5.82 Å². The monoisotopic (exact) mass is 311 g/mol. The zero-order valence-corrected chi connectivity index (χ0v) is 13.1. The van der Waals surface area contributed by atoms with Crippen molar-refractivity contribution in [2.45, 2.75) is 26.8 Å². The lowest BCUT2D eigenvalue weighted by molar-refractivity contribution is 0.624. The summed E-state index contributed by atoms with van der Waals surface area (Å²) in [4.78, 5) is 0. The van der Waals surface area contributed by atoms with Crippen LogP contribution in [0.15, 0.2) is 30.3 Å². The summed E-state index contributed by atoms with van der Waals surface area (Å²) in [7, 11) is 0. The molecule has 1 nitrogen and oxygen atoms in total. The number of rotatable bonds is 3. The summed E-state index contributed by atoms with van der Waals surface area (Å²) in [6.07, 6.45) is 0. The lowest BCUT2D eigenvalue weighted by atomic mass is 10.1. The average molecular weight is 312 g/mol. The third kappa shape index (κ3) is 3.25. The maximum absolute atomic E-state index is 13.6. The van der Waals surface area contributed by atoms with E-state index >= 15 is 0 Å². The fraction of sp³-hybridized carbons (Fsp3) is 0.250. The van der Waals surface area contributed by atoms with Gasteiger partial charge in [0.15, 0.2) is 0 Å². The van der Waals surface area contributed by atoms with Crippen molar-refractivity contribution >= 4 is 28.9 Å². The van der Waals surface area contributed by atoms with Gasteiger partial charge in [-0.2, -0.15) is 0 Å². The molecule has 20 heavy (non-hydrogen) atoms. The molecule has 106 valence electrons. The summed E-state index contributed by atoms with van der Waals surface area (Å²) in [6, 6.07) is 8.81. The number of hydrogen-bond donors (Lipinski definition) is 1. The summed E-state index contributed by atoms with van der Waals surface area (Å²) >= 11 is 11.8. The average Bonchev–Trinajstić information content (AvgIpc) is 2.38. The Balaban J connectivity index is 2.25. The quantitative estimate of drug-likeness (QED) is 0.693. The standard InChI is InChI=1S/C16H16Cl2FN/c1-9-4-5-12(6-10(9)2)20-11(3)13-7-16(19)15(18)8-14(13)17/h4-8,11,20H,1-3H3. The van der Waals surface area contributed by atoms with Crippen LogP contribution in [0, 0.1) is 19.7 Å². The number of benzene rings is 2. The van der Waals surface area contributed by atoms with Gasteiger partial charge in [0, 0.05) is 10.7 Å². The second kappa shape index (κ2) is 6.02. The highest BCUT2D eigenvalue weighted by atomic mass is 35.5. The zero-order chi connectivity index (χ0) is 14.9. The first-order valence-corrected chi connectivity index (χ1v) is 7.12. The van der Waals surface area contributed by atoms with Crippen molar-refractivity contribution in [3.63, 3.8) is 0 Å². The van der Waals surface area contributed by atoms with Crippen molar-refractivity contribution in [3.8, 4) is 0 Å². The summed E-state index contributed by atoms with van der Waals surface area (Å²) in [6.45, 7) is 6.05. The van der Waals surface area contributed by atoms with Crippen LogP contribution in [-0.4, -0.2) is 0 Å². The van der Waals surface area contributed by atoms with E-state index in [1.807, 2.05) is 13.0 Å². The van der Waals surface area contributed by atoms with Crippen molar-refractivity contribution in [3.05, 3.63) is 62.9 Å². The van der Waals surface area contributed by atoms with E-state index in [9.17, 15) is 4.39 Å². The van der Waals surface area contributed by atoms with Gasteiger partial charge < -0.3 is 5.32 Å². The fourth-order valence-corrected chi connectivity index (χ4v) is 2.58. The van der Waals surface area contributed by atoms with Gasteiger partial charge in [0.2, 0.25) is 0 Å². The lowest BCUT2D eigenvalue weighted by Gasteiger charge is -2.18. The number of aryl methyl sites for hydroxylation is 2. The Bertz CT molecular complexity index is 641. The second-order valence-electron chi connectivity index (χ2n) is 4.95. The SMILES string of the molecule is Cc1ccc(NC(C)c2cc(F)c(Cl)cc2Cl)cc1C. The molecule has 0 aliphatic heterocycles. The molecular weight excluding hydrogens is 296 g/mol. The molecule has 0 aromatic heterocycles. The first-order valence-electron chi connectivity index (χ1n) is 6.36. The van der Waals surface area contributed by atoms with Gasteiger partial charge in [-0.15, -0.1) is 0 Å². The molecule has 0 saturated heterocycles. The normalized spacial score (nSPS) is 12.3. The first kappa shape index (κ1) is 15.1. The Morgan fingerprint density at radius 2 is 1.70 bits per heavy atom. The molecule has 1 unspecified atom stereocenters. The van der Waals surface area contributed by atoms with Gasteiger partial charge in [-0.1, -0.05) is 29.3 Å². The highest BCUT2D eigenvalue weighted by Crippen LogP contribution is 2.30. The molecule has 0 saturated carbocycles. The number of hydrogen-bond acceptors (Lipinski definition) is 1. The highest BCUT2D eigenvalue weighted by molar-refractivity contribution is 6.35. The van der Waals surface area contributed by atoms with E-state index in [2.05, 4.69) is 31.3 Å².